The summed E-state index contributed by atoms with van der Waals surface area (Å²) in [7, 11) is 2.14. The standard InChI is InChI=1S/C20H16N2O7/c1-26-18(24)13-15(11-5-3-7-28-11)20(9-21,10-22)16(12-6-4-8-29-12)14(17(13)23)19(25)27-2/h3-8,13-16H,1-2H3/t13-,14-,15-,16+/m1/s1. The van der Waals surface area contributed by atoms with Gasteiger partial charge < -0.3 is 18.3 Å². The van der Waals surface area contributed by atoms with Crippen molar-refractivity contribution in [1.29, 1.82) is 10.5 Å². The van der Waals surface area contributed by atoms with Crippen molar-refractivity contribution in [2.75, 3.05) is 14.2 Å². The number of hydrogen-bond donors (Lipinski definition) is 0. The van der Waals surface area contributed by atoms with Gasteiger partial charge in [-0.2, -0.15) is 10.5 Å². The zero-order chi connectivity index (χ0) is 21.2. The van der Waals surface area contributed by atoms with Gasteiger partial charge in [0.15, 0.2) is 11.2 Å². The Bertz CT molecular complexity index is 915. The third kappa shape index (κ3) is 2.88. The van der Waals surface area contributed by atoms with Crippen LogP contribution >= 0.6 is 0 Å². The molecule has 9 nitrogen and oxygen atoms in total. The molecule has 0 radical (unpaired) electrons. The molecule has 0 unspecified atom stereocenters. The second-order valence-corrected chi connectivity index (χ2v) is 6.48. The predicted octanol–water partition coefficient (Wildman–Crippen LogP) is 1.93. The fourth-order valence-corrected chi connectivity index (χ4v) is 4.02. The highest BCUT2D eigenvalue weighted by atomic mass is 16.5. The van der Waals surface area contributed by atoms with Crippen LogP contribution in [-0.4, -0.2) is 31.9 Å². The normalized spacial score (nSPS) is 25.4. The molecule has 0 spiro atoms. The molecule has 1 fully saturated rings. The van der Waals surface area contributed by atoms with Crippen LogP contribution in [0.5, 0.6) is 0 Å². The van der Waals surface area contributed by atoms with E-state index in [9.17, 15) is 24.9 Å². The van der Waals surface area contributed by atoms with Gasteiger partial charge in [0.05, 0.1) is 50.7 Å². The molecule has 148 valence electrons. The predicted molar refractivity (Wildman–Crippen MR) is 92.6 cm³/mol. The molecule has 1 aliphatic rings. The molecular weight excluding hydrogens is 380 g/mol. The van der Waals surface area contributed by atoms with Gasteiger partial charge in [0.1, 0.15) is 23.4 Å². The summed E-state index contributed by atoms with van der Waals surface area (Å²) in [5, 5.41) is 20.3. The van der Waals surface area contributed by atoms with Crippen LogP contribution in [0.2, 0.25) is 0 Å². The number of carbonyl (C=O) groups excluding carboxylic acids is 3. The molecule has 0 amide bonds. The Morgan fingerprint density at radius 3 is 1.62 bits per heavy atom. The van der Waals surface area contributed by atoms with Gasteiger partial charge in [-0.3, -0.25) is 14.4 Å². The lowest BCUT2D eigenvalue weighted by atomic mass is 9.52. The Kier molecular flexibility index (Phi) is 5.24. The summed E-state index contributed by atoms with van der Waals surface area (Å²) in [6, 6.07) is 9.78. The number of ketones is 1. The third-order valence-electron chi connectivity index (χ3n) is 5.24. The topological polar surface area (TPSA) is 144 Å². The molecule has 0 aromatic carbocycles. The Hall–Kier alpha value is -3.85. The molecule has 0 aliphatic heterocycles. The SMILES string of the molecule is COC(=O)[C@H]1C(=O)[C@H](C(=O)OC)[C@H](c2ccco2)C(C#N)(C#N)[C@@H]1c1ccco1. The van der Waals surface area contributed by atoms with E-state index in [1.165, 1.54) is 36.8 Å². The number of carbonyl (C=O) groups is 3. The van der Waals surface area contributed by atoms with E-state index in [1.807, 2.05) is 12.1 Å². The van der Waals surface area contributed by atoms with Crippen LogP contribution in [0.4, 0.5) is 0 Å². The number of nitriles is 2. The van der Waals surface area contributed by atoms with Crippen molar-refractivity contribution in [2.45, 2.75) is 11.8 Å². The molecule has 4 atom stereocenters. The fraction of sp³-hybridized carbons (Fsp3) is 0.350. The molecule has 0 N–H and O–H groups in total. The lowest BCUT2D eigenvalue weighted by Crippen LogP contribution is -2.55. The highest BCUT2D eigenvalue weighted by Gasteiger charge is 2.67. The average Bonchev–Trinajstić information content (AvgIpc) is 3.45. The van der Waals surface area contributed by atoms with Crippen molar-refractivity contribution in [3.8, 4) is 12.1 Å². The summed E-state index contributed by atoms with van der Waals surface area (Å²) in [6.45, 7) is 0. The maximum Gasteiger partial charge on any atom is 0.317 e. The Morgan fingerprint density at radius 2 is 1.34 bits per heavy atom. The lowest BCUT2D eigenvalue weighted by Gasteiger charge is -2.44. The lowest BCUT2D eigenvalue weighted by molar-refractivity contribution is -0.163. The highest BCUT2D eigenvalue weighted by molar-refractivity contribution is 6.11. The van der Waals surface area contributed by atoms with Crippen molar-refractivity contribution < 1.29 is 32.7 Å². The monoisotopic (exact) mass is 396 g/mol. The maximum absolute atomic E-state index is 13.4. The minimum Gasteiger partial charge on any atom is -0.469 e. The molecule has 0 bridgehead atoms. The molecule has 1 saturated carbocycles. The molecule has 3 rings (SSSR count). The Labute approximate surface area is 165 Å². The summed E-state index contributed by atoms with van der Waals surface area (Å²) in [5.74, 6) is -8.59. The molecule has 2 heterocycles. The number of Topliss-reactive ketones (excluding diaryl/α,β-unsaturated/α-hetero) is 1. The van der Waals surface area contributed by atoms with Crippen LogP contribution in [0, 0.1) is 39.9 Å². The summed E-state index contributed by atoms with van der Waals surface area (Å²) < 4.78 is 20.3. The zero-order valence-electron chi connectivity index (χ0n) is 15.5. The van der Waals surface area contributed by atoms with E-state index in [0.717, 1.165) is 14.2 Å². The second-order valence-electron chi connectivity index (χ2n) is 6.48. The zero-order valence-corrected chi connectivity index (χ0v) is 15.5. The molecule has 2 aromatic rings. The largest absolute Gasteiger partial charge is 0.469 e. The van der Waals surface area contributed by atoms with Crippen LogP contribution in [0.15, 0.2) is 45.6 Å². The molecule has 2 aromatic heterocycles. The van der Waals surface area contributed by atoms with E-state index >= 15 is 0 Å². The van der Waals surface area contributed by atoms with Gasteiger partial charge >= 0.3 is 11.9 Å². The van der Waals surface area contributed by atoms with Gasteiger partial charge in [0.25, 0.3) is 0 Å². The van der Waals surface area contributed by atoms with E-state index in [1.54, 1.807) is 0 Å². The van der Waals surface area contributed by atoms with Gasteiger partial charge in [-0.1, -0.05) is 0 Å². The number of methoxy groups -OCH3 is 2. The summed E-state index contributed by atoms with van der Waals surface area (Å²) in [5.41, 5.74) is -2.07. The minimum absolute atomic E-state index is 0.0664. The van der Waals surface area contributed by atoms with Gasteiger partial charge in [-0.05, 0) is 24.3 Å². The highest BCUT2D eigenvalue weighted by Crippen LogP contribution is 2.58. The number of rotatable bonds is 4. The molecule has 1 aliphatic carbocycles. The third-order valence-corrected chi connectivity index (χ3v) is 5.24. The molecular formula is C20H16N2O7. The van der Waals surface area contributed by atoms with Crippen molar-refractivity contribution in [3.05, 3.63) is 48.3 Å². The number of esters is 2. The molecule has 29 heavy (non-hydrogen) atoms. The first-order valence-corrected chi connectivity index (χ1v) is 8.55. The van der Waals surface area contributed by atoms with E-state index in [4.69, 9.17) is 18.3 Å². The Morgan fingerprint density at radius 1 is 0.931 bits per heavy atom. The van der Waals surface area contributed by atoms with Crippen molar-refractivity contribution >= 4 is 17.7 Å². The van der Waals surface area contributed by atoms with Crippen molar-refractivity contribution in [3.63, 3.8) is 0 Å². The van der Waals surface area contributed by atoms with Gasteiger partial charge in [-0.25, -0.2) is 0 Å². The summed E-state index contributed by atoms with van der Waals surface area (Å²) in [6.07, 6.45) is 2.59. The minimum atomic E-state index is -2.07. The first-order valence-electron chi connectivity index (χ1n) is 8.55. The maximum atomic E-state index is 13.4. The van der Waals surface area contributed by atoms with Gasteiger partial charge in [0, 0.05) is 0 Å². The van der Waals surface area contributed by atoms with Crippen LogP contribution in [0.1, 0.15) is 23.4 Å². The van der Waals surface area contributed by atoms with E-state index in [-0.39, 0.29) is 11.5 Å². The van der Waals surface area contributed by atoms with Crippen LogP contribution in [-0.2, 0) is 23.9 Å². The summed E-state index contributed by atoms with van der Waals surface area (Å²) >= 11 is 0. The van der Waals surface area contributed by atoms with E-state index in [2.05, 4.69) is 0 Å². The number of nitrogens with zero attached hydrogens (tertiary/aromatic N) is 2. The quantitative estimate of drug-likeness (QED) is 0.559. The fourth-order valence-electron chi connectivity index (χ4n) is 4.02. The van der Waals surface area contributed by atoms with Crippen LogP contribution < -0.4 is 0 Å². The van der Waals surface area contributed by atoms with Gasteiger partial charge in [0.2, 0.25) is 0 Å². The number of furan rings is 2. The van der Waals surface area contributed by atoms with Crippen LogP contribution in [0.3, 0.4) is 0 Å². The molecule has 9 heteroatoms. The van der Waals surface area contributed by atoms with Crippen molar-refractivity contribution in [1.82, 2.24) is 0 Å². The first kappa shape index (κ1) is 19.9. The number of ether oxygens (including phenoxy) is 2. The second kappa shape index (κ2) is 7.64. The average molecular weight is 396 g/mol. The summed E-state index contributed by atoms with van der Waals surface area (Å²) in [4.78, 5) is 38.5. The van der Waals surface area contributed by atoms with Gasteiger partial charge in [-0.15, -0.1) is 0 Å². The van der Waals surface area contributed by atoms with Crippen LogP contribution in [0.25, 0.3) is 0 Å². The Balaban J connectivity index is 2.36. The van der Waals surface area contributed by atoms with E-state index < -0.39 is 46.8 Å². The van der Waals surface area contributed by atoms with Crippen molar-refractivity contribution in [2.24, 2.45) is 17.3 Å². The van der Waals surface area contributed by atoms with E-state index in [0.29, 0.717) is 0 Å². The smallest absolute Gasteiger partial charge is 0.317 e. The number of hydrogen-bond acceptors (Lipinski definition) is 9. The molecule has 0 saturated heterocycles. The first-order chi connectivity index (χ1) is 14.0.